The van der Waals surface area contributed by atoms with Crippen molar-refractivity contribution in [3.63, 3.8) is 0 Å². The Balaban J connectivity index is 2.18. The quantitative estimate of drug-likeness (QED) is 0.832. The molecule has 0 aromatic carbocycles. The highest BCUT2D eigenvalue weighted by Gasteiger charge is 2.34. The van der Waals surface area contributed by atoms with Crippen LogP contribution in [0.15, 0.2) is 6.20 Å². The molecular formula is C12H17N3O3S. The molecule has 1 atom stereocenters. The van der Waals surface area contributed by atoms with E-state index < -0.39 is 6.04 Å². The van der Waals surface area contributed by atoms with E-state index in [4.69, 9.17) is 4.74 Å². The minimum atomic E-state index is -0.500. The fourth-order valence-corrected chi connectivity index (χ4v) is 3.03. The number of hydrogen-bond acceptors (Lipinski definition) is 5. The minimum absolute atomic E-state index is 0.162. The second-order valence-corrected chi connectivity index (χ2v) is 5.40. The fraction of sp³-hybridized carbons (Fsp3) is 0.583. The van der Waals surface area contributed by atoms with Gasteiger partial charge >= 0.3 is 5.97 Å². The maximum absolute atomic E-state index is 12.4. The minimum Gasteiger partial charge on any atom is -0.464 e. The molecule has 6 nitrogen and oxygen atoms in total. The first-order chi connectivity index (χ1) is 9.15. The number of nitrogens with zero attached hydrogens (tertiary/aromatic N) is 2. The molecule has 7 heteroatoms. The van der Waals surface area contributed by atoms with Crippen molar-refractivity contribution in [2.24, 2.45) is 0 Å². The van der Waals surface area contributed by atoms with Crippen LogP contribution in [-0.4, -0.2) is 57.7 Å². The average molecular weight is 283 g/mol. The lowest BCUT2D eigenvalue weighted by molar-refractivity contribution is -0.147. The smallest absolute Gasteiger partial charge is 0.329 e. The van der Waals surface area contributed by atoms with Gasteiger partial charge in [-0.3, -0.25) is 9.89 Å². The number of H-pyrrole nitrogens is 1. The van der Waals surface area contributed by atoms with Crippen molar-refractivity contribution in [2.45, 2.75) is 19.9 Å². The molecule has 1 aromatic heterocycles. The zero-order chi connectivity index (χ0) is 13.8. The van der Waals surface area contributed by atoms with Gasteiger partial charge in [0.15, 0.2) is 0 Å². The number of rotatable bonds is 3. The highest BCUT2D eigenvalue weighted by molar-refractivity contribution is 7.99. The van der Waals surface area contributed by atoms with E-state index in [1.54, 1.807) is 30.5 Å². The lowest BCUT2D eigenvalue weighted by Crippen LogP contribution is -2.51. The molecule has 1 aliphatic rings. The molecule has 1 aliphatic heterocycles. The summed E-state index contributed by atoms with van der Waals surface area (Å²) in [6.07, 6.45) is 1.50. The Hall–Kier alpha value is -1.50. The second-order valence-electron chi connectivity index (χ2n) is 4.25. The van der Waals surface area contributed by atoms with Gasteiger partial charge in [-0.25, -0.2) is 4.79 Å². The number of carbonyl (C=O) groups excluding carboxylic acids is 2. The first kappa shape index (κ1) is 13.9. The Morgan fingerprint density at radius 2 is 2.42 bits per heavy atom. The summed E-state index contributed by atoms with van der Waals surface area (Å²) >= 11 is 1.66. The number of nitrogens with one attached hydrogen (secondary N) is 1. The monoisotopic (exact) mass is 283 g/mol. The highest BCUT2D eigenvalue weighted by atomic mass is 32.2. The maximum Gasteiger partial charge on any atom is 0.329 e. The van der Waals surface area contributed by atoms with Gasteiger partial charge < -0.3 is 9.64 Å². The Morgan fingerprint density at radius 1 is 1.63 bits per heavy atom. The van der Waals surface area contributed by atoms with Crippen LogP contribution in [0.1, 0.15) is 23.0 Å². The van der Waals surface area contributed by atoms with Crippen molar-refractivity contribution >= 4 is 23.6 Å². The normalized spacial score (nSPS) is 19.3. The van der Waals surface area contributed by atoms with E-state index in [0.717, 1.165) is 5.75 Å². The Morgan fingerprint density at radius 3 is 3.05 bits per heavy atom. The predicted octanol–water partition coefficient (Wildman–Crippen LogP) is 0.839. The third kappa shape index (κ3) is 2.91. The number of aromatic amines is 1. The molecule has 0 spiro atoms. The first-order valence-electron chi connectivity index (χ1n) is 6.20. The van der Waals surface area contributed by atoms with E-state index in [1.807, 2.05) is 0 Å². The summed E-state index contributed by atoms with van der Waals surface area (Å²) in [5.41, 5.74) is 1.23. The predicted molar refractivity (Wildman–Crippen MR) is 72.1 cm³/mol. The van der Waals surface area contributed by atoms with Crippen LogP contribution < -0.4 is 0 Å². The highest BCUT2D eigenvalue weighted by Crippen LogP contribution is 2.20. The van der Waals surface area contributed by atoms with Crippen molar-refractivity contribution in [2.75, 3.05) is 24.7 Å². The van der Waals surface area contributed by atoms with Crippen molar-refractivity contribution < 1.29 is 14.3 Å². The van der Waals surface area contributed by atoms with Crippen LogP contribution in [0, 0.1) is 6.92 Å². The molecule has 1 fully saturated rings. The third-order valence-electron chi connectivity index (χ3n) is 3.01. The molecule has 0 aliphatic carbocycles. The summed E-state index contributed by atoms with van der Waals surface area (Å²) in [5, 5.41) is 6.59. The summed E-state index contributed by atoms with van der Waals surface area (Å²) in [5.74, 6) is 0.925. The SMILES string of the molecule is CCOC(=O)C1CSCCN1C(=O)c1cn[nH]c1C. The standard InChI is InChI=1S/C12H17N3O3S/c1-3-18-12(17)10-7-19-5-4-15(10)11(16)9-6-13-14-8(9)2/h6,10H,3-5,7H2,1-2H3,(H,13,14). The average Bonchev–Trinajstić information content (AvgIpc) is 2.84. The molecular weight excluding hydrogens is 266 g/mol. The van der Waals surface area contributed by atoms with Crippen LogP contribution in [0.2, 0.25) is 0 Å². The molecule has 1 N–H and O–H groups in total. The van der Waals surface area contributed by atoms with E-state index in [2.05, 4.69) is 10.2 Å². The van der Waals surface area contributed by atoms with Gasteiger partial charge in [0, 0.05) is 23.7 Å². The third-order valence-corrected chi connectivity index (χ3v) is 4.03. The van der Waals surface area contributed by atoms with Crippen LogP contribution in [0.5, 0.6) is 0 Å². The van der Waals surface area contributed by atoms with Crippen LogP contribution in [0.4, 0.5) is 0 Å². The van der Waals surface area contributed by atoms with Gasteiger partial charge in [-0.1, -0.05) is 0 Å². The van der Waals surface area contributed by atoms with Gasteiger partial charge in [-0.2, -0.15) is 16.9 Å². The van der Waals surface area contributed by atoms with Crippen molar-refractivity contribution in [3.8, 4) is 0 Å². The molecule has 1 saturated heterocycles. The van der Waals surface area contributed by atoms with Crippen molar-refractivity contribution in [1.82, 2.24) is 15.1 Å². The summed E-state index contributed by atoms with van der Waals surface area (Å²) in [6.45, 7) is 4.43. The zero-order valence-electron chi connectivity index (χ0n) is 11.0. The lowest BCUT2D eigenvalue weighted by atomic mass is 10.2. The van der Waals surface area contributed by atoms with Gasteiger partial charge in [-0.15, -0.1) is 0 Å². The van der Waals surface area contributed by atoms with E-state index in [1.165, 1.54) is 6.20 Å². The largest absolute Gasteiger partial charge is 0.464 e. The number of hydrogen-bond donors (Lipinski definition) is 1. The van der Waals surface area contributed by atoms with Crippen LogP contribution in [0.25, 0.3) is 0 Å². The van der Waals surface area contributed by atoms with E-state index in [9.17, 15) is 9.59 Å². The molecule has 0 bridgehead atoms. The van der Waals surface area contributed by atoms with E-state index in [0.29, 0.717) is 30.2 Å². The molecule has 2 rings (SSSR count). The summed E-state index contributed by atoms with van der Waals surface area (Å²) in [4.78, 5) is 26.0. The second kappa shape index (κ2) is 6.10. The number of carbonyl (C=O) groups is 2. The molecule has 2 heterocycles. The molecule has 0 saturated carbocycles. The van der Waals surface area contributed by atoms with Gasteiger partial charge in [0.1, 0.15) is 6.04 Å². The number of esters is 1. The topological polar surface area (TPSA) is 75.3 Å². The number of thioether (sulfide) groups is 1. The maximum atomic E-state index is 12.4. The molecule has 0 radical (unpaired) electrons. The van der Waals surface area contributed by atoms with Gasteiger partial charge in [0.25, 0.3) is 5.91 Å². The molecule has 1 aromatic rings. The summed E-state index contributed by atoms with van der Waals surface area (Å²) < 4.78 is 5.04. The van der Waals surface area contributed by atoms with Crippen molar-refractivity contribution in [1.29, 1.82) is 0 Å². The van der Waals surface area contributed by atoms with E-state index >= 15 is 0 Å². The summed E-state index contributed by atoms with van der Waals surface area (Å²) in [6, 6.07) is -0.500. The summed E-state index contributed by atoms with van der Waals surface area (Å²) in [7, 11) is 0. The van der Waals surface area contributed by atoms with Crippen molar-refractivity contribution in [3.05, 3.63) is 17.5 Å². The molecule has 104 valence electrons. The molecule has 1 amide bonds. The van der Waals surface area contributed by atoms with Gasteiger partial charge in [0.05, 0.1) is 18.4 Å². The Labute approximate surface area is 115 Å². The van der Waals surface area contributed by atoms with E-state index in [-0.39, 0.29) is 11.9 Å². The number of ether oxygens (including phenoxy) is 1. The zero-order valence-corrected chi connectivity index (χ0v) is 11.8. The Kier molecular flexibility index (Phi) is 4.47. The van der Waals surface area contributed by atoms with Gasteiger partial charge in [-0.05, 0) is 13.8 Å². The van der Waals surface area contributed by atoms with Crippen LogP contribution in [-0.2, 0) is 9.53 Å². The lowest BCUT2D eigenvalue weighted by Gasteiger charge is -2.33. The first-order valence-corrected chi connectivity index (χ1v) is 7.36. The fourth-order valence-electron chi connectivity index (χ4n) is 2.00. The number of aryl methyl sites for hydroxylation is 1. The molecule has 1 unspecified atom stereocenters. The van der Waals surface area contributed by atoms with Crippen LogP contribution in [0.3, 0.4) is 0 Å². The Bertz CT molecular complexity index is 475. The number of amides is 1. The van der Waals surface area contributed by atoms with Gasteiger partial charge in [0.2, 0.25) is 0 Å². The van der Waals surface area contributed by atoms with Crippen LogP contribution >= 0.6 is 11.8 Å². The number of aromatic nitrogens is 2. The molecule has 19 heavy (non-hydrogen) atoms.